The molecule has 2 aromatic carbocycles. The quantitative estimate of drug-likeness (QED) is 0.582. The molecule has 0 spiro atoms. The number of hydrogen-bond donors (Lipinski definition) is 2. The van der Waals surface area contributed by atoms with Crippen molar-refractivity contribution >= 4 is 11.9 Å². The number of nitrogens with zero attached hydrogens (tertiary/aromatic N) is 2. The molecular weight excluding hydrogens is 340 g/mol. The molecule has 0 aliphatic carbocycles. The van der Waals surface area contributed by atoms with E-state index in [0.29, 0.717) is 18.7 Å². The molecular formula is C21H28N4O2. The van der Waals surface area contributed by atoms with Crippen LogP contribution >= 0.6 is 0 Å². The van der Waals surface area contributed by atoms with Gasteiger partial charge in [-0.1, -0.05) is 30.3 Å². The minimum absolute atomic E-state index is 0.00290. The molecule has 0 bridgehead atoms. The summed E-state index contributed by atoms with van der Waals surface area (Å²) in [5.74, 6) is 1.58. The third kappa shape index (κ3) is 6.02. The van der Waals surface area contributed by atoms with Crippen molar-refractivity contribution in [1.29, 1.82) is 0 Å². The van der Waals surface area contributed by atoms with E-state index in [4.69, 9.17) is 4.74 Å². The molecule has 0 aliphatic rings. The summed E-state index contributed by atoms with van der Waals surface area (Å²) in [4.78, 5) is 18.1. The molecule has 0 atom stereocenters. The largest absolute Gasteiger partial charge is 0.496 e. The summed E-state index contributed by atoms with van der Waals surface area (Å²) in [6.45, 7) is 3.94. The molecule has 2 rings (SSSR count). The molecule has 144 valence electrons. The summed E-state index contributed by atoms with van der Waals surface area (Å²) < 4.78 is 5.38. The molecule has 0 aliphatic heterocycles. The van der Waals surface area contributed by atoms with Crippen LogP contribution in [0, 0.1) is 0 Å². The van der Waals surface area contributed by atoms with Gasteiger partial charge in [0.15, 0.2) is 5.96 Å². The number of methoxy groups -OCH3 is 1. The average molecular weight is 368 g/mol. The molecule has 0 aromatic heterocycles. The van der Waals surface area contributed by atoms with Crippen LogP contribution in [0.1, 0.15) is 28.4 Å². The molecule has 0 saturated heterocycles. The Morgan fingerprint density at radius 3 is 2.41 bits per heavy atom. The van der Waals surface area contributed by atoms with Crippen molar-refractivity contribution in [2.24, 2.45) is 4.99 Å². The number of benzene rings is 2. The Hall–Kier alpha value is -3.02. The van der Waals surface area contributed by atoms with Crippen LogP contribution in [0.15, 0.2) is 53.5 Å². The summed E-state index contributed by atoms with van der Waals surface area (Å²) in [6.07, 6.45) is 0. The summed E-state index contributed by atoms with van der Waals surface area (Å²) in [6, 6.07) is 15.4. The number of ether oxygens (including phenoxy) is 1. The molecule has 2 N–H and O–H groups in total. The van der Waals surface area contributed by atoms with Crippen LogP contribution in [-0.2, 0) is 13.1 Å². The van der Waals surface area contributed by atoms with Gasteiger partial charge in [-0.3, -0.25) is 4.79 Å². The van der Waals surface area contributed by atoms with E-state index in [0.717, 1.165) is 29.4 Å². The van der Waals surface area contributed by atoms with Crippen LogP contribution in [0.4, 0.5) is 0 Å². The van der Waals surface area contributed by atoms with E-state index in [2.05, 4.69) is 15.6 Å². The highest BCUT2D eigenvalue weighted by Crippen LogP contribution is 2.16. The van der Waals surface area contributed by atoms with E-state index in [1.165, 1.54) is 0 Å². The number of nitrogens with one attached hydrogen (secondary N) is 2. The van der Waals surface area contributed by atoms with Crippen LogP contribution in [0.3, 0.4) is 0 Å². The molecule has 0 fully saturated rings. The standard InChI is InChI=1S/C21H28N4O2/c1-5-22-21(24-15-18-8-6-7-9-19(18)27-4)23-14-16-10-12-17(13-11-16)20(26)25(2)3/h6-13H,5,14-15H2,1-4H3,(H2,22,23,24). The number of para-hydroxylation sites is 1. The molecule has 0 radical (unpaired) electrons. The number of amides is 1. The zero-order valence-corrected chi connectivity index (χ0v) is 16.5. The van der Waals surface area contributed by atoms with Crippen LogP contribution < -0.4 is 15.4 Å². The first kappa shape index (κ1) is 20.3. The second-order valence-electron chi connectivity index (χ2n) is 6.26. The smallest absolute Gasteiger partial charge is 0.253 e. The second-order valence-corrected chi connectivity index (χ2v) is 6.26. The zero-order valence-electron chi connectivity index (χ0n) is 16.5. The molecule has 1 amide bonds. The summed E-state index contributed by atoms with van der Waals surface area (Å²) in [5.41, 5.74) is 2.78. The van der Waals surface area contributed by atoms with Crippen molar-refractivity contribution in [2.45, 2.75) is 20.0 Å². The highest BCUT2D eigenvalue weighted by molar-refractivity contribution is 5.93. The molecule has 27 heavy (non-hydrogen) atoms. The highest BCUT2D eigenvalue weighted by Gasteiger charge is 2.07. The minimum atomic E-state index is -0.00290. The Balaban J connectivity index is 2.01. The number of carbonyl (C=O) groups is 1. The van der Waals surface area contributed by atoms with E-state index in [9.17, 15) is 4.79 Å². The van der Waals surface area contributed by atoms with Crippen LogP contribution in [-0.4, -0.2) is 44.5 Å². The van der Waals surface area contributed by atoms with Gasteiger partial charge in [0.25, 0.3) is 5.91 Å². The minimum Gasteiger partial charge on any atom is -0.496 e. The summed E-state index contributed by atoms with van der Waals surface area (Å²) >= 11 is 0. The third-order valence-electron chi connectivity index (χ3n) is 4.01. The maximum absolute atomic E-state index is 11.9. The van der Waals surface area contributed by atoms with Gasteiger partial charge >= 0.3 is 0 Å². The fraction of sp³-hybridized carbons (Fsp3) is 0.333. The van der Waals surface area contributed by atoms with Gasteiger partial charge < -0.3 is 20.3 Å². The lowest BCUT2D eigenvalue weighted by molar-refractivity contribution is 0.0827. The first-order chi connectivity index (χ1) is 13.0. The lowest BCUT2D eigenvalue weighted by Crippen LogP contribution is -2.36. The monoisotopic (exact) mass is 368 g/mol. The van der Waals surface area contributed by atoms with Crippen molar-refractivity contribution in [3.63, 3.8) is 0 Å². The number of aliphatic imine (C=N–C) groups is 1. The molecule has 0 heterocycles. The van der Waals surface area contributed by atoms with Gasteiger partial charge in [-0.05, 0) is 30.7 Å². The number of hydrogen-bond acceptors (Lipinski definition) is 3. The maximum Gasteiger partial charge on any atom is 0.253 e. The van der Waals surface area contributed by atoms with E-state index in [1.54, 1.807) is 26.1 Å². The van der Waals surface area contributed by atoms with Gasteiger partial charge in [0.2, 0.25) is 0 Å². The first-order valence-corrected chi connectivity index (χ1v) is 8.99. The molecule has 6 nitrogen and oxygen atoms in total. The zero-order chi connectivity index (χ0) is 19.6. The molecule has 6 heteroatoms. The lowest BCUT2D eigenvalue weighted by atomic mass is 10.1. The van der Waals surface area contributed by atoms with E-state index in [1.807, 2.05) is 55.5 Å². The van der Waals surface area contributed by atoms with E-state index >= 15 is 0 Å². The van der Waals surface area contributed by atoms with Gasteiger partial charge in [-0.2, -0.15) is 0 Å². The van der Waals surface area contributed by atoms with Gasteiger partial charge in [0.05, 0.1) is 13.7 Å². The normalized spacial score (nSPS) is 11.0. The van der Waals surface area contributed by atoms with Crippen LogP contribution in [0.5, 0.6) is 5.75 Å². The van der Waals surface area contributed by atoms with Gasteiger partial charge in [0, 0.05) is 38.3 Å². The van der Waals surface area contributed by atoms with Crippen LogP contribution in [0.2, 0.25) is 0 Å². The number of guanidine groups is 1. The van der Waals surface area contributed by atoms with Gasteiger partial charge in [0.1, 0.15) is 5.75 Å². The van der Waals surface area contributed by atoms with E-state index < -0.39 is 0 Å². The Kier molecular flexibility index (Phi) is 7.67. The Bertz CT molecular complexity index is 770. The lowest BCUT2D eigenvalue weighted by Gasteiger charge is -2.13. The van der Waals surface area contributed by atoms with Gasteiger partial charge in [-0.25, -0.2) is 4.99 Å². The van der Waals surface area contributed by atoms with E-state index in [-0.39, 0.29) is 5.91 Å². The van der Waals surface area contributed by atoms with Crippen LogP contribution in [0.25, 0.3) is 0 Å². The van der Waals surface area contributed by atoms with Crippen molar-refractivity contribution in [2.75, 3.05) is 27.7 Å². The fourth-order valence-corrected chi connectivity index (χ4v) is 2.55. The SMILES string of the molecule is CCNC(=NCc1ccc(C(=O)N(C)C)cc1)NCc1ccccc1OC. The predicted molar refractivity (Wildman–Crippen MR) is 109 cm³/mol. The average Bonchev–Trinajstić information content (AvgIpc) is 2.70. The maximum atomic E-state index is 11.9. The Labute approximate surface area is 161 Å². The fourth-order valence-electron chi connectivity index (χ4n) is 2.55. The molecule has 2 aromatic rings. The second kappa shape index (κ2) is 10.2. The van der Waals surface area contributed by atoms with Crippen molar-refractivity contribution < 1.29 is 9.53 Å². The Morgan fingerprint density at radius 1 is 1.07 bits per heavy atom. The number of rotatable bonds is 7. The predicted octanol–water partition coefficient (Wildman–Crippen LogP) is 2.65. The number of carbonyl (C=O) groups excluding carboxylic acids is 1. The molecule has 0 saturated carbocycles. The van der Waals surface area contributed by atoms with Gasteiger partial charge in [-0.15, -0.1) is 0 Å². The topological polar surface area (TPSA) is 66.0 Å². The third-order valence-corrected chi connectivity index (χ3v) is 4.01. The molecule has 0 unspecified atom stereocenters. The Morgan fingerprint density at radius 2 is 1.78 bits per heavy atom. The van der Waals surface area contributed by atoms with Crippen molar-refractivity contribution in [3.8, 4) is 5.75 Å². The van der Waals surface area contributed by atoms with Crippen molar-refractivity contribution in [1.82, 2.24) is 15.5 Å². The van der Waals surface area contributed by atoms with Crippen molar-refractivity contribution in [3.05, 3.63) is 65.2 Å². The summed E-state index contributed by atoms with van der Waals surface area (Å²) in [5, 5.41) is 6.57. The highest BCUT2D eigenvalue weighted by atomic mass is 16.5. The summed E-state index contributed by atoms with van der Waals surface area (Å²) in [7, 11) is 5.16. The first-order valence-electron chi connectivity index (χ1n) is 8.99.